The molecule has 0 bridgehead atoms. The summed E-state index contributed by atoms with van der Waals surface area (Å²) < 4.78 is 10.6. The van der Waals surface area contributed by atoms with Crippen molar-refractivity contribution in [1.29, 1.82) is 0 Å². The zero-order valence-electron chi connectivity index (χ0n) is 7.77. The number of benzene rings is 1. The second-order valence-electron chi connectivity index (χ2n) is 2.98. The van der Waals surface area contributed by atoms with Crippen molar-refractivity contribution < 1.29 is 14.3 Å². The van der Waals surface area contributed by atoms with Crippen molar-refractivity contribution in [2.45, 2.75) is 6.29 Å². The normalized spacial score (nSPS) is 16.3. The van der Waals surface area contributed by atoms with Crippen LogP contribution in [0.3, 0.4) is 0 Å². The van der Waals surface area contributed by atoms with Gasteiger partial charge in [0.15, 0.2) is 6.29 Å². The highest BCUT2D eigenvalue weighted by Crippen LogP contribution is 2.32. The van der Waals surface area contributed by atoms with Gasteiger partial charge in [-0.15, -0.1) is 0 Å². The first kappa shape index (κ1) is 10.3. The number of carbonyl (C=O) groups excluding carboxylic acids is 1. The van der Waals surface area contributed by atoms with Crippen LogP contribution in [0.2, 0.25) is 5.02 Å². The fourth-order valence-corrected chi connectivity index (χ4v) is 1.58. The predicted octanol–water partition coefficient (Wildman–Crippen LogP) is 2.35. The minimum atomic E-state index is -0.459. The van der Waals surface area contributed by atoms with Gasteiger partial charge in [0.2, 0.25) is 6.08 Å². The number of isocyanates is 1. The monoisotopic (exact) mass is 225 g/mol. The van der Waals surface area contributed by atoms with Gasteiger partial charge in [-0.05, 0) is 18.2 Å². The average molecular weight is 226 g/mol. The molecule has 0 aromatic heterocycles. The largest absolute Gasteiger partial charge is 0.346 e. The van der Waals surface area contributed by atoms with E-state index in [9.17, 15) is 4.79 Å². The maximum absolute atomic E-state index is 10.1. The SMILES string of the molecule is O=C=Nc1ccc(Cl)c(C2OCCO2)c1. The van der Waals surface area contributed by atoms with E-state index in [4.69, 9.17) is 21.1 Å². The van der Waals surface area contributed by atoms with Gasteiger partial charge in [0.1, 0.15) is 0 Å². The fourth-order valence-electron chi connectivity index (χ4n) is 1.37. The molecule has 0 atom stereocenters. The average Bonchev–Trinajstić information content (AvgIpc) is 2.74. The number of aliphatic imine (C=N–C) groups is 1. The third-order valence-electron chi connectivity index (χ3n) is 2.03. The molecule has 78 valence electrons. The van der Waals surface area contributed by atoms with Crippen LogP contribution >= 0.6 is 11.6 Å². The Balaban J connectivity index is 2.35. The molecule has 1 aliphatic rings. The topological polar surface area (TPSA) is 47.9 Å². The van der Waals surface area contributed by atoms with Gasteiger partial charge in [-0.2, -0.15) is 4.99 Å². The van der Waals surface area contributed by atoms with Gasteiger partial charge in [0.25, 0.3) is 0 Å². The number of nitrogens with zero attached hydrogens (tertiary/aromatic N) is 1. The molecule has 0 unspecified atom stereocenters. The lowest BCUT2D eigenvalue weighted by Gasteiger charge is -2.11. The molecule has 0 N–H and O–H groups in total. The van der Waals surface area contributed by atoms with Crippen LogP contribution in [-0.2, 0) is 14.3 Å². The van der Waals surface area contributed by atoms with Crippen LogP contribution in [0.25, 0.3) is 0 Å². The number of halogens is 1. The van der Waals surface area contributed by atoms with Crippen molar-refractivity contribution in [1.82, 2.24) is 0 Å². The highest BCUT2D eigenvalue weighted by molar-refractivity contribution is 6.31. The summed E-state index contributed by atoms with van der Waals surface area (Å²) in [6.07, 6.45) is 1.01. The smallest absolute Gasteiger partial charge is 0.240 e. The van der Waals surface area contributed by atoms with E-state index in [0.717, 1.165) is 0 Å². The fraction of sp³-hybridized carbons (Fsp3) is 0.300. The van der Waals surface area contributed by atoms with E-state index < -0.39 is 6.29 Å². The predicted molar refractivity (Wildman–Crippen MR) is 53.9 cm³/mol. The Morgan fingerprint density at radius 1 is 1.40 bits per heavy atom. The third kappa shape index (κ3) is 2.25. The molecule has 1 aromatic carbocycles. The second-order valence-corrected chi connectivity index (χ2v) is 3.39. The van der Waals surface area contributed by atoms with Crippen LogP contribution in [0.5, 0.6) is 0 Å². The molecule has 1 aromatic rings. The van der Waals surface area contributed by atoms with Gasteiger partial charge in [-0.1, -0.05) is 11.6 Å². The lowest BCUT2D eigenvalue weighted by molar-refractivity contribution is -0.0440. The Labute approximate surface area is 91.5 Å². The summed E-state index contributed by atoms with van der Waals surface area (Å²) in [4.78, 5) is 13.6. The molecule has 5 heteroatoms. The lowest BCUT2D eigenvalue weighted by Crippen LogP contribution is -1.98. The van der Waals surface area contributed by atoms with Gasteiger partial charge < -0.3 is 9.47 Å². The molecular formula is C10H8ClNO3. The van der Waals surface area contributed by atoms with E-state index in [1.807, 2.05) is 0 Å². The van der Waals surface area contributed by atoms with Gasteiger partial charge in [0, 0.05) is 10.6 Å². The Morgan fingerprint density at radius 2 is 2.13 bits per heavy atom. The summed E-state index contributed by atoms with van der Waals surface area (Å²) in [5.41, 5.74) is 1.18. The van der Waals surface area contributed by atoms with E-state index in [0.29, 0.717) is 29.5 Å². The summed E-state index contributed by atoms with van der Waals surface area (Å²) >= 11 is 5.98. The Bertz CT molecular complexity index is 409. The highest BCUT2D eigenvalue weighted by atomic mass is 35.5. The Kier molecular flexibility index (Phi) is 3.14. The van der Waals surface area contributed by atoms with Crippen molar-refractivity contribution in [3.05, 3.63) is 28.8 Å². The van der Waals surface area contributed by atoms with E-state index in [1.165, 1.54) is 6.08 Å². The van der Waals surface area contributed by atoms with Crippen LogP contribution in [0, 0.1) is 0 Å². The van der Waals surface area contributed by atoms with Crippen LogP contribution in [0.15, 0.2) is 23.2 Å². The summed E-state index contributed by atoms with van der Waals surface area (Å²) in [6, 6.07) is 4.94. The van der Waals surface area contributed by atoms with Gasteiger partial charge >= 0.3 is 0 Å². The molecule has 1 heterocycles. The summed E-state index contributed by atoms with van der Waals surface area (Å²) in [7, 11) is 0. The maximum Gasteiger partial charge on any atom is 0.240 e. The first-order valence-corrected chi connectivity index (χ1v) is 4.79. The minimum Gasteiger partial charge on any atom is -0.346 e. The van der Waals surface area contributed by atoms with Crippen molar-refractivity contribution in [3.63, 3.8) is 0 Å². The zero-order valence-corrected chi connectivity index (χ0v) is 8.53. The quantitative estimate of drug-likeness (QED) is 0.573. The van der Waals surface area contributed by atoms with Crippen molar-refractivity contribution >= 4 is 23.4 Å². The van der Waals surface area contributed by atoms with Crippen LogP contribution in [0.4, 0.5) is 5.69 Å². The molecule has 4 nitrogen and oxygen atoms in total. The van der Waals surface area contributed by atoms with Gasteiger partial charge in [0.05, 0.1) is 18.9 Å². The molecule has 2 rings (SSSR count). The standard InChI is InChI=1S/C10H8ClNO3/c11-9-2-1-7(12-6-13)5-8(9)10-14-3-4-15-10/h1-2,5,10H,3-4H2. The van der Waals surface area contributed by atoms with E-state index >= 15 is 0 Å². The first-order chi connectivity index (χ1) is 7.31. The molecule has 0 spiro atoms. The molecule has 15 heavy (non-hydrogen) atoms. The van der Waals surface area contributed by atoms with E-state index in [1.54, 1.807) is 18.2 Å². The summed E-state index contributed by atoms with van der Waals surface area (Å²) in [6.45, 7) is 1.09. The zero-order chi connectivity index (χ0) is 10.7. The van der Waals surface area contributed by atoms with Crippen LogP contribution < -0.4 is 0 Å². The molecule has 1 saturated heterocycles. The lowest BCUT2D eigenvalue weighted by atomic mass is 10.2. The maximum atomic E-state index is 10.1. The van der Waals surface area contributed by atoms with Crippen LogP contribution in [-0.4, -0.2) is 19.3 Å². The molecule has 0 saturated carbocycles. The molecule has 0 radical (unpaired) electrons. The molecule has 0 amide bonds. The minimum absolute atomic E-state index is 0.459. The number of ether oxygens (including phenoxy) is 2. The summed E-state index contributed by atoms with van der Waals surface area (Å²) in [5.74, 6) is 0. The molecule has 1 aliphatic heterocycles. The highest BCUT2D eigenvalue weighted by Gasteiger charge is 2.21. The molecule has 0 aliphatic carbocycles. The number of hydrogen-bond donors (Lipinski definition) is 0. The second kappa shape index (κ2) is 4.55. The van der Waals surface area contributed by atoms with E-state index in [2.05, 4.69) is 4.99 Å². The number of rotatable bonds is 2. The van der Waals surface area contributed by atoms with Gasteiger partial charge in [-0.25, -0.2) is 4.79 Å². The Hall–Kier alpha value is -1.19. The van der Waals surface area contributed by atoms with Crippen LogP contribution in [0.1, 0.15) is 11.9 Å². The van der Waals surface area contributed by atoms with E-state index in [-0.39, 0.29) is 0 Å². The number of hydrogen-bond acceptors (Lipinski definition) is 4. The van der Waals surface area contributed by atoms with Crippen molar-refractivity contribution in [3.8, 4) is 0 Å². The third-order valence-corrected chi connectivity index (χ3v) is 2.37. The Morgan fingerprint density at radius 3 is 2.80 bits per heavy atom. The van der Waals surface area contributed by atoms with Gasteiger partial charge in [-0.3, -0.25) is 0 Å². The molecule has 1 fully saturated rings. The summed E-state index contributed by atoms with van der Waals surface area (Å²) in [5, 5.41) is 0.534. The van der Waals surface area contributed by atoms with Crippen molar-refractivity contribution in [2.75, 3.05) is 13.2 Å². The molecular weight excluding hydrogens is 218 g/mol. The van der Waals surface area contributed by atoms with Crippen molar-refractivity contribution in [2.24, 2.45) is 4.99 Å². The first-order valence-electron chi connectivity index (χ1n) is 4.42.